The van der Waals surface area contributed by atoms with Crippen molar-refractivity contribution in [3.8, 4) is 22.0 Å². The van der Waals surface area contributed by atoms with E-state index in [1.165, 1.54) is 0 Å². The van der Waals surface area contributed by atoms with E-state index in [0.717, 1.165) is 73.6 Å². The number of benzene rings is 1. The molecule has 0 aliphatic heterocycles. The Bertz CT molecular complexity index is 1520. The summed E-state index contributed by atoms with van der Waals surface area (Å²) >= 11 is 1.70. The lowest BCUT2D eigenvalue weighted by Gasteiger charge is -2.07. The summed E-state index contributed by atoms with van der Waals surface area (Å²) in [6, 6.07) is 14.8. The van der Waals surface area contributed by atoms with Crippen LogP contribution in [-0.2, 0) is 0 Å². The number of H-pyrrole nitrogens is 2. The highest BCUT2D eigenvalue weighted by Gasteiger charge is 2.15. The summed E-state index contributed by atoms with van der Waals surface area (Å²) in [5.41, 5.74) is 8.39. The molecule has 0 fully saturated rings. The number of rotatable bonds is 8. The van der Waals surface area contributed by atoms with Crippen LogP contribution in [0.1, 0.15) is 19.4 Å². The van der Waals surface area contributed by atoms with Gasteiger partial charge >= 0.3 is 0 Å². The average Bonchev–Trinajstić information content (AvgIpc) is 3.63. The van der Waals surface area contributed by atoms with Gasteiger partial charge in [-0.3, -0.25) is 10.1 Å². The van der Waals surface area contributed by atoms with Crippen LogP contribution in [0, 0.1) is 0 Å². The van der Waals surface area contributed by atoms with Crippen molar-refractivity contribution in [2.24, 2.45) is 0 Å². The molecule has 6 heteroatoms. The number of nitrogens with zero attached hydrogens (tertiary/aromatic N) is 2. The van der Waals surface area contributed by atoms with Crippen molar-refractivity contribution in [1.29, 1.82) is 0 Å². The van der Waals surface area contributed by atoms with E-state index in [9.17, 15) is 0 Å². The van der Waals surface area contributed by atoms with Gasteiger partial charge in [0.1, 0.15) is 5.69 Å². The fourth-order valence-corrected chi connectivity index (χ4v) is 4.91. The number of aromatic amines is 2. The minimum atomic E-state index is 0.798. The molecule has 0 bridgehead atoms. The summed E-state index contributed by atoms with van der Waals surface area (Å²) in [4.78, 5) is 9.36. The molecule has 4 heterocycles. The predicted octanol–water partition coefficient (Wildman–Crippen LogP) is 6.96. The maximum Gasteiger partial charge on any atom is 0.116 e. The molecule has 0 unspecified atom stereocenters. The average molecular weight is 466 g/mol. The van der Waals surface area contributed by atoms with E-state index in [0.29, 0.717) is 0 Å². The zero-order valence-electron chi connectivity index (χ0n) is 19.4. The van der Waals surface area contributed by atoms with Gasteiger partial charge in [-0.25, -0.2) is 0 Å². The number of hydrogen-bond acceptors (Lipinski definition) is 4. The van der Waals surface area contributed by atoms with Crippen LogP contribution in [0.2, 0.25) is 0 Å². The second kappa shape index (κ2) is 9.63. The van der Waals surface area contributed by atoms with Crippen molar-refractivity contribution >= 4 is 38.7 Å². The Morgan fingerprint density at radius 1 is 1.12 bits per heavy atom. The first-order chi connectivity index (χ1) is 16.7. The van der Waals surface area contributed by atoms with Crippen LogP contribution in [-0.4, -0.2) is 33.3 Å². The number of allylic oxidation sites excluding steroid dienone is 3. The maximum absolute atomic E-state index is 4.66. The standard InChI is InChI=1S/C28H27N5S/c1-4-18(17-29-6-3)14-19(5-2)20-9-10-24-21(15-20)27(33-32-24)25-16-22-23(31-25)11-12-30-28(22)26-8-7-13-34-26/h4-5,7-16,29,31H,1,6,17H2,2-3H3,(H,32,33)/b18-14+,19-5+. The summed E-state index contributed by atoms with van der Waals surface area (Å²) in [7, 11) is 0. The SMILES string of the molecule is C=C/C(=C\C(=C/C)c1ccc2[nH]nc(-c3cc4c(-c5cccs5)nccc4[nH]3)c2c1)CNCC. The molecular weight excluding hydrogens is 438 g/mol. The summed E-state index contributed by atoms with van der Waals surface area (Å²) < 4.78 is 0. The molecule has 1 aromatic carbocycles. The Balaban J connectivity index is 1.58. The molecule has 0 amide bonds. The lowest BCUT2D eigenvalue weighted by Crippen LogP contribution is -2.15. The van der Waals surface area contributed by atoms with Crippen molar-refractivity contribution < 1.29 is 0 Å². The Hall–Kier alpha value is -3.74. The lowest BCUT2D eigenvalue weighted by molar-refractivity contribution is 0.785. The van der Waals surface area contributed by atoms with Gasteiger partial charge in [0.25, 0.3) is 0 Å². The Kier molecular flexibility index (Phi) is 6.25. The molecule has 170 valence electrons. The van der Waals surface area contributed by atoms with Crippen molar-refractivity contribution in [2.75, 3.05) is 13.1 Å². The molecule has 0 saturated heterocycles. The van der Waals surface area contributed by atoms with E-state index in [4.69, 9.17) is 0 Å². The van der Waals surface area contributed by atoms with Gasteiger partial charge < -0.3 is 10.3 Å². The highest BCUT2D eigenvalue weighted by Crippen LogP contribution is 2.35. The third-order valence-electron chi connectivity index (χ3n) is 5.95. The van der Waals surface area contributed by atoms with Gasteiger partial charge in [-0.1, -0.05) is 43.9 Å². The number of pyridine rings is 1. The molecule has 5 rings (SSSR count). The zero-order chi connectivity index (χ0) is 23.5. The van der Waals surface area contributed by atoms with Crippen LogP contribution in [0.5, 0.6) is 0 Å². The smallest absolute Gasteiger partial charge is 0.116 e. The highest BCUT2D eigenvalue weighted by atomic mass is 32.1. The van der Waals surface area contributed by atoms with Gasteiger partial charge in [0.2, 0.25) is 0 Å². The molecule has 0 saturated carbocycles. The van der Waals surface area contributed by atoms with E-state index < -0.39 is 0 Å². The van der Waals surface area contributed by atoms with Crippen LogP contribution in [0.4, 0.5) is 0 Å². The highest BCUT2D eigenvalue weighted by molar-refractivity contribution is 7.13. The number of thiophene rings is 1. The van der Waals surface area contributed by atoms with Crippen molar-refractivity contribution in [3.05, 3.63) is 90.0 Å². The number of likely N-dealkylation sites (N-methyl/N-ethyl adjacent to an activating group) is 1. The van der Waals surface area contributed by atoms with Gasteiger partial charge in [0.05, 0.1) is 21.8 Å². The molecule has 0 aliphatic rings. The van der Waals surface area contributed by atoms with Gasteiger partial charge in [-0.2, -0.15) is 5.10 Å². The first-order valence-electron chi connectivity index (χ1n) is 11.4. The molecule has 0 radical (unpaired) electrons. The molecule has 0 spiro atoms. The van der Waals surface area contributed by atoms with Crippen molar-refractivity contribution in [1.82, 2.24) is 25.5 Å². The molecule has 34 heavy (non-hydrogen) atoms. The number of hydrogen-bond donors (Lipinski definition) is 3. The minimum Gasteiger partial charge on any atom is -0.353 e. The Labute approximate surface area is 203 Å². The second-order valence-electron chi connectivity index (χ2n) is 8.06. The van der Waals surface area contributed by atoms with Crippen LogP contribution in [0.3, 0.4) is 0 Å². The van der Waals surface area contributed by atoms with Gasteiger partial charge in [-0.15, -0.1) is 11.3 Å². The van der Waals surface area contributed by atoms with Crippen LogP contribution in [0.25, 0.3) is 49.3 Å². The molecular formula is C28H27N5S. The molecule has 5 nitrogen and oxygen atoms in total. The quantitative estimate of drug-likeness (QED) is 0.217. The zero-order valence-corrected chi connectivity index (χ0v) is 20.2. The monoisotopic (exact) mass is 465 g/mol. The number of nitrogens with one attached hydrogen (secondary N) is 3. The summed E-state index contributed by atoms with van der Waals surface area (Å²) in [5.74, 6) is 0. The Morgan fingerprint density at radius 3 is 2.76 bits per heavy atom. The Morgan fingerprint density at radius 2 is 2.00 bits per heavy atom. The van der Waals surface area contributed by atoms with E-state index >= 15 is 0 Å². The number of aromatic nitrogens is 4. The van der Waals surface area contributed by atoms with Gasteiger partial charge in [0, 0.05) is 29.0 Å². The summed E-state index contributed by atoms with van der Waals surface area (Å²) in [5, 5.41) is 15.5. The van der Waals surface area contributed by atoms with E-state index in [1.807, 2.05) is 18.3 Å². The summed E-state index contributed by atoms with van der Waals surface area (Å²) in [6.45, 7) is 9.87. The first kappa shape index (κ1) is 22.1. The second-order valence-corrected chi connectivity index (χ2v) is 9.01. The van der Waals surface area contributed by atoms with E-state index in [-0.39, 0.29) is 0 Å². The molecule has 4 aromatic heterocycles. The molecule has 0 aliphatic carbocycles. The van der Waals surface area contributed by atoms with E-state index in [1.54, 1.807) is 11.3 Å². The van der Waals surface area contributed by atoms with E-state index in [2.05, 4.69) is 99.8 Å². The van der Waals surface area contributed by atoms with Crippen molar-refractivity contribution in [2.45, 2.75) is 13.8 Å². The van der Waals surface area contributed by atoms with Crippen LogP contribution < -0.4 is 5.32 Å². The summed E-state index contributed by atoms with van der Waals surface area (Å²) in [6.07, 6.45) is 8.10. The normalized spacial score (nSPS) is 12.6. The number of fused-ring (bicyclic) bond motifs is 2. The molecule has 5 aromatic rings. The first-order valence-corrected chi connectivity index (χ1v) is 12.3. The predicted molar refractivity (Wildman–Crippen MR) is 145 cm³/mol. The fourth-order valence-electron chi connectivity index (χ4n) is 4.17. The lowest BCUT2D eigenvalue weighted by atomic mass is 10.00. The van der Waals surface area contributed by atoms with Crippen LogP contribution >= 0.6 is 11.3 Å². The third-order valence-corrected chi connectivity index (χ3v) is 6.82. The van der Waals surface area contributed by atoms with Crippen molar-refractivity contribution in [3.63, 3.8) is 0 Å². The maximum atomic E-state index is 4.66. The third kappa shape index (κ3) is 4.14. The molecule has 3 N–H and O–H groups in total. The van der Waals surface area contributed by atoms with Gasteiger partial charge in [0.15, 0.2) is 0 Å². The molecule has 0 atom stereocenters. The van der Waals surface area contributed by atoms with Gasteiger partial charge in [-0.05, 0) is 65.9 Å². The fraction of sp³-hybridized carbons (Fsp3) is 0.143. The van der Waals surface area contributed by atoms with Crippen LogP contribution in [0.15, 0.2) is 84.4 Å². The topological polar surface area (TPSA) is 69.4 Å². The largest absolute Gasteiger partial charge is 0.353 e. The minimum absolute atomic E-state index is 0.798.